The van der Waals surface area contributed by atoms with Crippen LogP contribution in [0.3, 0.4) is 0 Å². The van der Waals surface area contributed by atoms with Crippen molar-refractivity contribution < 1.29 is 24.4 Å². The van der Waals surface area contributed by atoms with Crippen LogP contribution in [0.25, 0.3) is 0 Å². The van der Waals surface area contributed by atoms with Crippen LogP contribution >= 0.6 is 0 Å². The first kappa shape index (κ1) is 14.8. The van der Waals surface area contributed by atoms with E-state index in [1.807, 2.05) is 6.92 Å². The highest BCUT2D eigenvalue weighted by atomic mass is 16.5. The van der Waals surface area contributed by atoms with Crippen LogP contribution in [0.15, 0.2) is 18.2 Å². The number of methoxy groups -OCH3 is 1. The van der Waals surface area contributed by atoms with Gasteiger partial charge in [-0.2, -0.15) is 0 Å². The number of benzene rings is 1. The zero-order chi connectivity index (χ0) is 13.4. The third-order valence-corrected chi connectivity index (χ3v) is 2.36. The van der Waals surface area contributed by atoms with E-state index in [9.17, 15) is 5.11 Å². The number of rotatable bonds is 8. The van der Waals surface area contributed by atoms with Crippen LogP contribution in [-0.2, 0) is 11.3 Å². The van der Waals surface area contributed by atoms with Gasteiger partial charge in [-0.05, 0) is 24.6 Å². The lowest BCUT2D eigenvalue weighted by Gasteiger charge is -2.15. The Bertz CT molecular complexity index is 353. The standard InChI is InChI=1S/C13H20O5/c1-3-17-8-11(15)9-18-13-6-10(7-14)4-5-12(13)16-2/h4-6,11,14-15H,3,7-9H2,1-2H3. The lowest BCUT2D eigenvalue weighted by Crippen LogP contribution is -2.23. The Labute approximate surface area is 107 Å². The van der Waals surface area contributed by atoms with Gasteiger partial charge in [-0.25, -0.2) is 0 Å². The van der Waals surface area contributed by atoms with E-state index in [0.29, 0.717) is 18.1 Å². The number of aliphatic hydroxyl groups is 2. The Balaban J connectivity index is 2.59. The molecule has 0 aliphatic carbocycles. The van der Waals surface area contributed by atoms with E-state index in [0.717, 1.165) is 5.56 Å². The highest BCUT2D eigenvalue weighted by Crippen LogP contribution is 2.28. The van der Waals surface area contributed by atoms with Crippen LogP contribution in [0.2, 0.25) is 0 Å². The van der Waals surface area contributed by atoms with Crippen LogP contribution in [0, 0.1) is 0 Å². The van der Waals surface area contributed by atoms with Gasteiger partial charge in [0.15, 0.2) is 11.5 Å². The molecule has 1 aromatic rings. The molecular weight excluding hydrogens is 236 g/mol. The molecule has 1 aromatic carbocycles. The fraction of sp³-hybridized carbons (Fsp3) is 0.538. The Morgan fingerprint density at radius 3 is 2.61 bits per heavy atom. The molecule has 0 aliphatic heterocycles. The van der Waals surface area contributed by atoms with Crippen LogP contribution in [-0.4, -0.2) is 43.2 Å². The van der Waals surface area contributed by atoms with Gasteiger partial charge >= 0.3 is 0 Å². The summed E-state index contributed by atoms with van der Waals surface area (Å²) in [5, 5.41) is 18.6. The predicted octanol–water partition coefficient (Wildman–Crippen LogP) is 0.964. The van der Waals surface area contributed by atoms with Crippen molar-refractivity contribution in [1.29, 1.82) is 0 Å². The van der Waals surface area contributed by atoms with Gasteiger partial charge < -0.3 is 24.4 Å². The molecule has 2 N–H and O–H groups in total. The second kappa shape index (κ2) is 7.92. The molecule has 1 rings (SSSR count). The van der Waals surface area contributed by atoms with Gasteiger partial charge in [-0.15, -0.1) is 0 Å². The summed E-state index contributed by atoms with van der Waals surface area (Å²) in [7, 11) is 1.54. The fourth-order valence-corrected chi connectivity index (χ4v) is 1.42. The van der Waals surface area contributed by atoms with Crippen molar-refractivity contribution in [1.82, 2.24) is 0 Å². The average molecular weight is 256 g/mol. The van der Waals surface area contributed by atoms with Crippen molar-refractivity contribution in [3.05, 3.63) is 23.8 Å². The van der Waals surface area contributed by atoms with E-state index in [4.69, 9.17) is 19.3 Å². The molecule has 5 heteroatoms. The van der Waals surface area contributed by atoms with E-state index in [1.54, 1.807) is 18.2 Å². The molecule has 0 spiro atoms. The molecule has 0 aromatic heterocycles. The van der Waals surface area contributed by atoms with Gasteiger partial charge in [0.1, 0.15) is 12.7 Å². The van der Waals surface area contributed by atoms with Gasteiger partial charge in [0, 0.05) is 6.61 Å². The second-order valence-corrected chi connectivity index (χ2v) is 3.77. The van der Waals surface area contributed by atoms with E-state index in [2.05, 4.69) is 0 Å². The minimum Gasteiger partial charge on any atom is -0.493 e. The number of hydrogen-bond donors (Lipinski definition) is 2. The van der Waals surface area contributed by atoms with E-state index >= 15 is 0 Å². The average Bonchev–Trinajstić information content (AvgIpc) is 2.42. The van der Waals surface area contributed by atoms with Crippen LogP contribution < -0.4 is 9.47 Å². The number of hydrogen-bond acceptors (Lipinski definition) is 5. The summed E-state index contributed by atoms with van der Waals surface area (Å²) >= 11 is 0. The van der Waals surface area contributed by atoms with Crippen molar-refractivity contribution >= 4 is 0 Å². The second-order valence-electron chi connectivity index (χ2n) is 3.77. The first-order valence-corrected chi connectivity index (χ1v) is 5.87. The monoisotopic (exact) mass is 256 g/mol. The Morgan fingerprint density at radius 1 is 1.22 bits per heavy atom. The normalized spacial score (nSPS) is 12.2. The molecule has 102 valence electrons. The van der Waals surface area contributed by atoms with Crippen molar-refractivity contribution in [2.24, 2.45) is 0 Å². The third-order valence-electron chi connectivity index (χ3n) is 2.36. The van der Waals surface area contributed by atoms with Crippen LogP contribution in [0.5, 0.6) is 11.5 Å². The smallest absolute Gasteiger partial charge is 0.161 e. The molecule has 0 fully saturated rings. The zero-order valence-electron chi connectivity index (χ0n) is 10.8. The highest BCUT2D eigenvalue weighted by Gasteiger charge is 2.09. The van der Waals surface area contributed by atoms with Crippen molar-refractivity contribution in [2.45, 2.75) is 19.6 Å². The molecular formula is C13H20O5. The molecule has 1 atom stereocenters. The predicted molar refractivity (Wildman–Crippen MR) is 66.9 cm³/mol. The summed E-state index contributed by atoms with van der Waals surface area (Å²) in [5.41, 5.74) is 0.727. The lowest BCUT2D eigenvalue weighted by molar-refractivity contribution is 0.0159. The van der Waals surface area contributed by atoms with Crippen molar-refractivity contribution in [2.75, 3.05) is 26.9 Å². The quantitative estimate of drug-likeness (QED) is 0.725. The van der Waals surface area contributed by atoms with Gasteiger partial charge in [0.25, 0.3) is 0 Å². The Morgan fingerprint density at radius 2 is 2.00 bits per heavy atom. The summed E-state index contributed by atoms with van der Waals surface area (Å²) in [4.78, 5) is 0. The molecule has 0 aliphatic rings. The van der Waals surface area contributed by atoms with E-state index in [-0.39, 0.29) is 19.8 Å². The van der Waals surface area contributed by atoms with Gasteiger partial charge in [0.2, 0.25) is 0 Å². The summed E-state index contributed by atoms with van der Waals surface area (Å²) in [5.74, 6) is 1.07. The molecule has 0 saturated carbocycles. The fourth-order valence-electron chi connectivity index (χ4n) is 1.42. The maximum atomic E-state index is 9.59. The Hall–Kier alpha value is -1.30. The van der Waals surface area contributed by atoms with E-state index in [1.165, 1.54) is 7.11 Å². The summed E-state index contributed by atoms with van der Waals surface area (Å²) in [6, 6.07) is 5.16. The Kier molecular flexibility index (Phi) is 6.49. The summed E-state index contributed by atoms with van der Waals surface area (Å²) < 4.78 is 15.7. The summed E-state index contributed by atoms with van der Waals surface area (Å²) in [6.07, 6.45) is -0.688. The topological polar surface area (TPSA) is 68.2 Å². The summed E-state index contributed by atoms with van der Waals surface area (Å²) in [6.45, 7) is 2.70. The largest absolute Gasteiger partial charge is 0.493 e. The molecule has 0 heterocycles. The minimum absolute atomic E-state index is 0.0676. The maximum absolute atomic E-state index is 9.59. The molecule has 5 nitrogen and oxygen atoms in total. The first-order chi connectivity index (χ1) is 8.71. The first-order valence-electron chi connectivity index (χ1n) is 5.87. The van der Waals surface area contributed by atoms with Gasteiger partial charge in [0.05, 0.1) is 20.3 Å². The van der Waals surface area contributed by atoms with Crippen molar-refractivity contribution in [3.63, 3.8) is 0 Å². The van der Waals surface area contributed by atoms with Crippen LogP contribution in [0.1, 0.15) is 12.5 Å². The van der Waals surface area contributed by atoms with E-state index < -0.39 is 6.10 Å². The molecule has 0 saturated heterocycles. The third kappa shape index (κ3) is 4.52. The minimum atomic E-state index is -0.688. The molecule has 18 heavy (non-hydrogen) atoms. The van der Waals surface area contributed by atoms with Gasteiger partial charge in [-0.1, -0.05) is 6.07 Å². The van der Waals surface area contributed by atoms with Crippen molar-refractivity contribution in [3.8, 4) is 11.5 Å². The van der Waals surface area contributed by atoms with Crippen LogP contribution in [0.4, 0.5) is 0 Å². The lowest BCUT2D eigenvalue weighted by atomic mass is 10.2. The number of aliphatic hydroxyl groups excluding tert-OH is 2. The molecule has 0 radical (unpaired) electrons. The highest BCUT2D eigenvalue weighted by molar-refractivity contribution is 5.42. The van der Waals surface area contributed by atoms with Gasteiger partial charge in [-0.3, -0.25) is 0 Å². The maximum Gasteiger partial charge on any atom is 0.161 e. The molecule has 0 amide bonds. The molecule has 1 unspecified atom stereocenters. The SMILES string of the molecule is CCOCC(O)COc1cc(CO)ccc1OC. The zero-order valence-corrected chi connectivity index (χ0v) is 10.8. The number of ether oxygens (including phenoxy) is 3. The molecule has 0 bridgehead atoms.